The number of ether oxygens (including phenoxy) is 4. The molecule has 17 heteroatoms. The van der Waals surface area contributed by atoms with E-state index in [1.54, 1.807) is 0 Å². The van der Waals surface area contributed by atoms with Crippen molar-refractivity contribution in [3.05, 3.63) is 0 Å². The summed E-state index contributed by atoms with van der Waals surface area (Å²) in [6.45, 7) is 1.23. The minimum absolute atomic E-state index is 0.0254. The van der Waals surface area contributed by atoms with Gasteiger partial charge in [0.2, 0.25) is 5.91 Å². The molecule has 16 atom stereocenters. The highest BCUT2D eigenvalue weighted by Gasteiger charge is 2.53. The Labute approximate surface area is 224 Å². The quantitative estimate of drug-likeness (QED) is 0.116. The highest BCUT2D eigenvalue weighted by atomic mass is 16.7. The second-order valence-corrected chi connectivity index (χ2v) is 10.3. The zero-order valence-electron chi connectivity index (χ0n) is 21.5. The monoisotopic (exact) mass is 569 g/mol. The van der Waals surface area contributed by atoms with Crippen molar-refractivity contribution in [2.45, 2.75) is 118 Å². The third kappa shape index (κ3) is 7.03. The second-order valence-electron chi connectivity index (χ2n) is 10.3. The van der Waals surface area contributed by atoms with E-state index in [4.69, 9.17) is 41.9 Å². The van der Waals surface area contributed by atoms with Crippen LogP contribution in [0, 0.1) is 0 Å². The summed E-state index contributed by atoms with van der Waals surface area (Å²) >= 11 is 0. The number of nitrogens with two attached hydrogens (primary N) is 4. The molecule has 16 N–H and O–H groups in total. The molecule has 3 rings (SSSR count). The summed E-state index contributed by atoms with van der Waals surface area (Å²) in [5.74, 6) is -0.805. The number of carbonyl (C=O) groups is 1. The Hall–Kier alpha value is -1.13. The van der Waals surface area contributed by atoms with Crippen LogP contribution >= 0.6 is 0 Å². The maximum absolute atomic E-state index is 12.4. The first-order valence-corrected chi connectivity index (χ1v) is 12.9. The van der Waals surface area contributed by atoms with E-state index in [2.05, 4.69) is 5.32 Å². The maximum Gasteiger partial charge on any atom is 0.249 e. The van der Waals surface area contributed by atoms with E-state index in [9.17, 15) is 40.5 Å². The molecule has 0 spiro atoms. The molecule has 1 saturated carbocycles. The number of rotatable bonds is 10. The first kappa shape index (κ1) is 32.4. The third-order valence-electron chi connectivity index (χ3n) is 7.39. The van der Waals surface area contributed by atoms with Gasteiger partial charge >= 0.3 is 0 Å². The Balaban J connectivity index is 1.85. The van der Waals surface area contributed by atoms with E-state index in [0.29, 0.717) is 0 Å². The van der Waals surface area contributed by atoms with Gasteiger partial charge in [0.15, 0.2) is 12.6 Å². The van der Waals surface area contributed by atoms with Gasteiger partial charge in [-0.15, -0.1) is 0 Å². The highest BCUT2D eigenvalue weighted by molar-refractivity contribution is 5.80. The van der Waals surface area contributed by atoms with Crippen LogP contribution in [-0.4, -0.2) is 153 Å². The number of aliphatic hydroxyl groups is 7. The molecular formula is C22H43N5O12. The molecule has 2 heterocycles. The van der Waals surface area contributed by atoms with Crippen LogP contribution in [0.5, 0.6) is 0 Å². The van der Waals surface area contributed by atoms with Crippen LogP contribution < -0.4 is 28.3 Å². The minimum atomic E-state index is -1.56. The Bertz CT molecular complexity index is 801. The van der Waals surface area contributed by atoms with Crippen molar-refractivity contribution in [3.63, 3.8) is 0 Å². The molecule has 0 aromatic rings. The van der Waals surface area contributed by atoms with E-state index in [1.165, 1.54) is 6.92 Å². The van der Waals surface area contributed by atoms with Crippen LogP contribution in [0.4, 0.5) is 0 Å². The lowest BCUT2D eigenvalue weighted by Crippen LogP contribution is -2.69. The molecule has 0 bridgehead atoms. The summed E-state index contributed by atoms with van der Waals surface area (Å²) in [5, 5.41) is 75.0. The SMILES string of the molecule is C[C@@H](O)[C@H]1O[C@H](O[C@H]2[C@H](O[C@@H]3O[C@H](CN)[C@@H](O)[C@H]3O)[C@@H](O)[C@H](NC(=O)[C@@H](O)CCN)C[C@@H]2N)[C@H](N)[C@@H](O)[C@@H]1O. The highest BCUT2D eigenvalue weighted by Crippen LogP contribution is 2.33. The Kier molecular flexibility index (Phi) is 11.4. The smallest absolute Gasteiger partial charge is 0.249 e. The van der Waals surface area contributed by atoms with Crippen LogP contribution in [0.25, 0.3) is 0 Å². The molecule has 1 amide bonds. The fraction of sp³-hybridized carbons (Fsp3) is 0.955. The summed E-state index contributed by atoms with van der Waals surface area (Å²) in [5.41, 5.74) is 23.3. The van der Waals surface area contributed by atoms with Crippen molar-refractivity contribution >= 4 is 5.91 Å². The van der Waals surface area contributed by atoms with Crippen LogP contribution in [-0.2, 0) is 23.7 Å². The Morgan fingerprint density at radius 1 is 0.923 bits per heavy atom. The van der Waals surface area contributed by atoms with Crippen LogP contribution in [0.15, 0.2) is 0 Å². The molecule has 3 fully saturated rings. The normalized spacial score (nSPS) is 46.6. The fourth-order valence-electron chi connectivity index (χ4n) is 5.04. The first-order chi connectivity index (χ1) is 18.3. The molecule has 0 unspecified atom stereocenters. The van der Waals surface area contributed by atoms with Gasteiger partial charge in [-0.25, -0.2) is 0 Å². The molecule has 228 valence electrons. The first-order valence-electron chi connectivity index (χ1n) is 12.9. The van der Waals surface area contributed by atoms with Crippen molar-refractivity contribution in [2.24, 2.45) is 22.9 Å². The standard InChI is InChI=1S/C22H43N5O12/c1-6(28)17-15(33)14(32)11(26)21(37-17)38-18-7(25)4-8(27-20(35)9(29)2-3-23)12(30)19(18)39-22-16(34)13(31)10(5-24)36-22/h6-19,21-22,28-34H,2-5,23-26H2,1H3,(H,27,35)/t6-,7+,8-,9+,10-,11-,12+,13-,14-,15+,16-,17-,18-,19-,21-,22+/m1/s1. The van der Waals surface area contributed by atoms with Crippen molar-refractivity contribution in [2.75, 3.05) is 13.1 Å². The van der Waals surface area contributed by atoms with Crippen molar-refractivity contribution in [3.8, 4) is 0 Å². The third-order valence-corrected chi connectivity index (χ3v) is 7.39. The lowest BCUT2D eigenvalue weighted by molar-refractivity contribution is -0.315. The predicted molar refractivity (Wildman–Crippen MR) is 130 cm³/mol. The van der Waals surface area contributed by atoms with Gasteiger partial charge in [-0.3, -0.25) is 4.79 Å². The summed E-state index contributed by atoms with van der Waals surface area (Å²) in [6.07, 6.45) is -18.2. The lowest BCUT2D eigenvalue weighted by atomic mass is 9.83. The lowest BCUT2D eigenvalue weighted by Gasteiger charge is -2.48. The minimum Gasteiger partial charge on any atom is -0.391 e. The van der Waals surface area contributed by atoms with Crippen molar-refractivity contribution in [1.82, 2.24) is 5.32 Å². The Morgan fingerprint density at radius 2 is 1.56 bits per heavy atom. The summed E-state index contributed by atoms with van der Waals surface area (Å²) in [6, 6.07) is -3.35. The number of hydrogen-bond donors (Lipinski definition) is 12. The fourth-order valence-corrected chi connectivity index (χ4v) is 5.04. The van der Waals surface area contributed by atoms with Gasteiger partial charge in [-0.1, -0.05) is 0 Å². The topological polar surface area (TPSA) is 312 Å². The summed E-state index contributed by atoms with van der Waals surface area (Å²) < 4.78 is 22.9. The average molecular weight is 570 g/mol. The number of amides is 1. The number of carbonyl (C=O) groups excluding carboxylic acids is 1. The van der Waals surface area contributed by atoms with Gasteiger partial charge in [-0.05, 0) is 26.3 Å². The van der Waals surface area contributed by atoms with Crippen LogP contribution in [0.2, 0.25) is 0 Å². The maximum atomic E-state index is 12.4. The molecule has 39 heavy (non-hydrogen) atoms. The molecule has 2 aliphatic heterocycles. The molecule has 3 aliphatic rings. The summed E-state index contributed by atoms with van der Waals surface area (Å²) in [4.78, 5) is 12.4. The Morgan fingerprint density at radius 3 is 2.13 bits per heavy atom. The number of hydrogen-bond acceptors (Lipinski definition) is 16. The van der Waals surface area contributed by atoms with Gasteiger partial charge in [0.05, 0.1) is 18.2 Å². The zero-order valence-corrected chi connectivity index (χ0v) is 21.5. The van der Waals surface area contributed by atoms with Gasteiger partial charge in [-0.2, -0.15) is 0 Å². The molecule has 2 saturated heterocycles. The molecular weight excluding hydrogens is 526 g/mol. The van der Waals surface area contributed by atoms with E-state index >= 15 is 0 Å². The van der Waals surface area contributed by atoms with Crippen LogP contribution in [0.3, 0.4) is 0 Å². The predicted octanol–water partition coefficient (Wildman–Crippen LogP) is -7.40. The molecule has 17 nitrogen and oxygen atoms in total. The van der Waals surface area contributed by atoms with Gasteiger partial charge in [0.1, 0.15) is 61.0 Å². The van der Waals surface area contributed by atoms with Crippen molar-refractivity contribution in [1.29, 1.82) is 0 Å². The van der Waals surface area contributed by atoms with E-state index in [-0.39, 0.29) is 25.9 Å². The largest absolute Gasteiger partial charge is 0.391 e. The zero-order chi connectivity index (χ0) is 29.2. The molecule has 0 aromatic heterocycles. The average Bonchev–Trinajstić information content (AvgIpc) is 3.16. The van der Waals surface area contributed by atoms with E-state index in [1.807, 2.05) is 0 Å². The van der Waals surface area contributed by atoms with Crippen molar-refractivity contribution < 1.29 is 59.5 Å². The van der Waals surface area contributed by atoms with E-state index < -0.39 is 104 Å². The second kappa shape index (κ2) is 13.7. The van der Waals surface area contributed by atoms with Crippen LogP contribution in [0.1, 0.15) is 19.8 Å². The van der Waals surface area contributed by atoms with Gasteiger partial charge in [0, 0.05) is 12.6 Å². The van der Waals surface area contributed by atoms with E-state index in [0.717, 1.165) is 0 Å². The number of nitrogens with one attached hydrogen (secondary N) is 1. The number of aliphatic hydroxyl groups excluding tert-OH is 7. The molecule has 0 radical (unpaired) electrons. The molecule has 1 aliphatic carbocycles. The molecule has 0 aromatic carbocycles. The summed E-state index contributed by atoms with van der Waals surface area (Å²) in [7, 11) is 0. The van der Waals surface area contributed by atoms with Gasteiger partial charge < -0.3 is 82.9 Å². The van der Waals surface area contributed by atoms with Gasteiger partial charge in [0.25, 0.3) is 0 Å².